The van der Waals surface area contributed by atoms with Crippen LogP contribution in [-0.4, -0.2) is 93.6 Å². The van der Waals surface area contributed by atoms with Crippen LogP contribution in [0.4, 0.5) is 27.8 Å². The fraction of sp³-hybridized carbons (Fsp3) is 0.625. The van der Waals surface area contributed by atoms with E-state index in [2.05, 4.69) is 15.3 Å². The fourth-order valence-corrected chi connectivity index (χ4v) is 4.56. The van der Waals surface area contributed by atoms with Gasteiger partial charge in [0.15, 0.2) is 6.04 Å². The summed E-state index contributed by atoms with van der Waals surface area (Å²) < 4.78 is 72.0. The Morgan fingerprint density at radius 3 is 2.54 bits per heavy atom. The summed E-state index contributed by atoms with van der Waals surface area (Å²) in [5.41, 5.74) is -1.26. The molecule has 5 atom stereocenters. The van der Waals surface area contributed by atoms with Crippen LogP contribution in [-0.2, 0) is 14.3 Å². The molecule has 0 bridgehead atoms. The Morgan fingerprint density at radius 1 is 1.31 bits per heavy atom. The first-order chi connectivity index (χ1) is 18.2. The minimum Gasteiger partial charge on any atom is -0.388 e. The summed E-state index contributed by atoms with van der Waals surface area (Å²) in [6.07, 6.45) is -6.45. The van der Waals surface area contributed by atoms with E-state index in [1.807, 2.05) is 12.2 Å². The number of thiocarbonyl (C=S) groups is 1. The van der Waals surface area contributed by atoms with E-state index in [9.17, 15) is 36.6 Å². The molecule has 39 heavy (non-hydrogen) atoms. The van der Waals surface area contributed by atoms with Crippen molar-refractivity contribution in [1.29, 1.82) is 0 Å². The molecular formula is C24H30F5N5O4S. The normalized spacial score (nSPS) is 23.6. The lowest BCUT2D eigenvalue weighted by Gasteiger charge is -2.26. The molecule has 2 aliphatic rings. The zero-order valence-electron chi connectivity index (χ0n) is 21.5. The van der Waals surface area contributed by atoms with Crippen LogP contribution >= 0.6 is 12.2 Å². The fourth-order valence-electron chi connectivity index (χ4n) is 4.24. The topological polar surface area (TPSA) is 116 Å². The Kier molecular flexibility index (Phi) is 9.93. The molecule has 3 N–H and O–H groups in total. The van der Waals surface area contributed by atoms with E-state index < -0.39 is 60.0 Å². The van der Waals surface area contributed by atoms with E-state index in [4.69, 9.17) is 17.0 Å². The molecule has 15 heteroatoms. The number of nitrogens with one attached hydrogen (secondary N) is 2. The predicted molar refractivity (Wildman–Crippen MR) is 136 cm³/mol. The number of likely N-dealkylation sites (tertiary alicyclic amines) is 1. The second-order valence-electron chi connectivity index (χ2n) is 9.55. The van der Waals surface area contributed by atoms with Crippen molar-refractivity contribution in [2.24, 2.45) is 4.99 Å². The van der Waals surface area contributed by atoms with Crippen molar-refractivity contribution < 1.29 is 41.4 Å². The number of hydrogen-bond acceptors (Lipinski definition) is 8. The number of hydrogen-bond donors (Lipinski definition) is 3. The summed E-state index contributed by atoms with van der Waals surface area (Å²) in [7, 11) is 0. The van der Waals surface area contributed by atoms with Gasteiger partial charge in [-0.3, -0.25) is 14.6 Å². The van der Waals surface area contributed by atoms with Gasteiger partial charge in [-0.05, 0) is 39.7 Å². The minimum atomic E-state index is -4.64. The second-order valence-corrected chi connectivity index (χ2v) is 9.99. The zero-order chi connectivity index (χ0) is 29.1. The lowest BCUT2D eigenvalue weighted by atomic mass is 10.0. The number of aliphatic hydroxyl groups is 1. The number of ether oxygens (including phenoxy) is 1. The highest BCUT2D eigenvalue weighted by Gasteiger charge is 2.38. The Morgan fingerprint density at radius 2 is 2.00 bits per heavy atom. The third kappa shape index (κ3) is 7.45. The number of aromatic nitrogens is 1. The Bertz CT molecular complexity index is 1120. The lowest BCUT2D eigenvalue weighted by molar-refractivity contribution is -0.138. The Balaban J connectivity index is 1.96. The van der Waals surface area contributed by atoms with E-state index in [0.29, 0.717) is 19.4 Å². The molecule has 0 spiro atoms. The maximum atomic E-state index is 14.1. The summed E-state index contributed by atoms with van der Waals surface area (Å²) in [5, 5.41) is 14.5. The number of amides is 2. The van der Waals surface area contributed by atoms with Crippen molar-refractivity contribution in [3.05, 3.63) is 23.4 Å². The van der Waals surface area contributed by atoms with E-state index in [1.165, 1.54) is 11.8 Å². The molecule has 216 valence electrons. The average molecular weight is 580 g/mol. The van der Waals surface area contributed by atoms with Gasteiger partial charge >= 0.3 is 6.18 Å². The van der Waals surface area contributed by atoms with Crippen LogP contribution in [0, 0.1) is 0 Å². The predicted octanol–water partition coefficient (Wildman–Crippen LogP) is 2.82. The maximum absolute atomic E-state index is 14.1. The van der Waals surface area contributed by atoms with Gasteiger partial charge in [-0.1, -0.05) is 12.2 Å². The molecule has 2 amide bonds. The third-order valence-corrected chi connectivity index (χ3v) is 7.07. The largest absolute Gasteiger partial charge is 0.408 e. The molecule has 1 unspecified atom stereocenters. The number of anilines is 1. The highest BCUT2D eigenvalue weighted by molar-refractivity contribution is 7.81. The maximum Gasteiger partial charge on any atom is 0.408 e. The molecule has 1 aromatic rings. The number of carbonyl (C=O) groups is 2. The van der Waals surface area contributed by atoms with Crippen LogP contribution in [0.1, 0.15) is 51.2 Å². The van der Waals surface area contributed by atoms with Crippen molar-refractivity contribution in [2.45, 2.75) is 76.5 Å². The number of aliphatic imine (C=N–C) groups is 1. The van der Waals surface area contributed by atoms with Crippen molar-refractivity contribution in [3.8, 4) is 0 Å². The van der Waals surface area contributed by atoms with Crippen LogP contribution in [0.5, 0.6) is 0 Å². The molecule has 2 saturated heterocycles. The minimum absolute atomic E-state index is 0.0369. The number of pyridine rings is 1. The molecule has 1 aromatic heterocycles. The van der Waals surface area contributed by atoms with Gasteiger partial charge in [0.05, 0.1) is 35.9 Å². The van der Waals surface area contributed by atoms with Gasteiger partial charge in [0.1, 0.15) is 11.9 Å². The molecular weight excluding hydrogens is 549 g/mol. The first-order valence-corrected chi connectivity index (χ1v) is 12.7. The lowest BCUT2D eigenvalue weighted by Crippen LogP contribution is -2.47. The van der Waals surface area contributed by atoms with Crippen molar-refractivity contribution in [2.75, 3.05) is 25.1 Å². The SMILES string of the molecule is CC(=NC(C(=O)N1CCC[C@@H]1C)C(=S)c1cnc(N[C@@H](C)C(F)(F)F)cc1C(F)F)C(=O)N[C@@H]1COC[C@H]1O. The van der Waals surface area contributed by atoms with Crippen molar-refractivity contribution in [3.63, 3.8) is 0 Å². The number of aliphatic hydroxyl groups excluding tert-OH is 1. The summed E-state index contributed by atoms with van der Waals surface area (Å²) in [6.45, 7) is 4.42. The summed E-state index contributed by atoms with van der Waals surface area (Å²) in [4.78, 5) is 35.4. The van der Waals surface area contributed by atoms with Gasteiger partial charge in [-0.2, -0.15) is 13.2 Å². The molecule has 0 aliphatic carbocycles. The number of halogens is 5. The third-order valence-electron chi connectivity index (χ3n) is 6.63. The number of rotatable bonds is 9. The monoisotopic (exact) mass is 579 g/mol. The molecule has 3 heterocycles. The van der Waals surface area contributed by atoms with Gasteiger partial charge in [0.25, 0.3) is 18.2 Å². The van der Waals surface area contributed by atoms with Gasteiger partial charge in [0.2, 0.25) is 0 Å². The summed E-state index contributed by atoms with van der Waals surface area (Å²) >= 11 is 5.44. The van der Waals surface area contributed by atoms with Gasteiger partial charge in [0, 0.05) is 29.9 Å². The van der Waals surface area contributed by atoms with Gasteiger partial charge in [-0.25, -0.2) is 13.8 Å². The van der Waals surface area contributed by atoms with E-state index in [0.717, 1.165) is 19.2 Å². The summed E-state index contributed by atoms with van der Waals surface area (Å²) in [6, 6.07) is -3.74. The second kappa shape index (κ2) is 12.6. The van der Waals surface area contributed by atoms with Crippen LogP contribution in [0.3, 0.4) is 0 Å². The van der Waals surface area contributed by atoms with E-state index in [-0.39, 0.29) is 35.4 Å². The zero-order valence-corrected chi connectivity index (χ0v) is 22.3. The highest BCUT2D eigenvalue weighted by atomic mass is 32.1. The molecule has 2 aliphatic heterocycles. The molecule has 0 radical (unpaired) electrons. The molecule has 3 rings (SSSR count). The molecule has 0 saturated carbocycles. The standard InChI is InChI=1S/C24H30F5N5O4S/c1-11-5-4-6-34(11)23(37)19(31-12(2)22(36)33-16-9-38-10-17(16)35)20(39)15-8-30-18(7-14(15)21(25)26)32-13(3)24(27,28)29/h7-8,11,13,16-17,19,21,35H,4-6,9-10H2,1-3H3,(H,30,32)(H,33,36)/t11-,13-,16+,17+,19?/m0/s1. The Labute approximate surface area is 227 Å². The first-order valence-electron chi connectivity index (χ1n) is 12.3. The van der Waals surface area contributed by atoms with Gasteiger partial charge < -0.3 is 25.4 Å². The van der Waals surface area contributed by atoms with Gasteiger partial charge in [-0.15, -0.1) is 0 Å². The smallest absolute Gasteiger partial charge is 0.388 e. The number of alkyl halides is 5. The van der Waals surface area contributed by atoms with E-state index >= 15 is 0 Å². The van der Waals surface area contributed by atoms with Crippen LogP contribution in [0.15, 0.2) is 17.3 Å². The summed E-state index contributed by atoms with van der Waals surface area (Å²) in [5.74, 6) is -1.77. The highest BCUT2D eigenvalue weighted by Crippen LogP contribution is 2.30. The van der Waals surface area contributed by atoms with Crippen molar-refractivity contribution >= 4 is 40.4 Å². The van der Waals surface area contributed by atoms with Crippen molar-refractivity contribution in [1.82, 2.24) is 15.2 Å². The number of nitrogens with zero attached hydrogens (tertiary/aromatic N) is 3. The average Bonchev–Trinajstić information content (AvgIpc) is 3.48. The Hall–Kier alpha value is -2.78. The quantitative estimate of drug-likeness (QED) is 0.178. The molecule has 9 nitrogen and oxygen atoms in total. The molecule has 0 aromatic carbocycles. The van der Waals surface area contributed by atoms with E-state index in [1.54, 1.807) is 0 Å². The van der Waals surface area contributed by atoms with Crippen LogP contribution < -0.4 is 10.6 Å². The first kappa shape index (κ1) is 30.8. The van der Waals surface area contributed by atoms with Crippen LogP contribution in [0.2, 0.25) is 0 Å². The van der Waals surface area contributed by atoms with Crippen LogP contribution in [0.25, 0.3) is 0 Å². The number of carbonyl (C=O) groups excluding carboxylic acids is 2. The molecule has 2 fully saturated rings.